The second kappa shape index (κ2) is 6.94. The second-order valence-electron chi connectivity index (χ2n) is 5.00. The lowest BCUT2D eigenvalue weighted by atomic mass is 10.2. The maximum absolute atomic E-state index is 13.7. The molecule has 0 saturated carbocycles. The number of thiazole rings is 1. The van der Waals surface area contributed by atoms with Crippen LogP contribution in [0, 0.1) is 11.6 Å². The highest BCUT2D eigenvalue weighted by molar-refractivity contribution is 7.22. The van der Waals surface area contributed by atoms with Crippen LogP contribution in [0.1, 0.15) is 27.6 Å². The molecule has 0 aliphatic rings. The van der Waals surface area contributed by atoms with Gasteiger partial charge in [-0.25, -0.2) is 18.6 Å². The number of fused-ring (bicyclic) bond motifs is 1. The van der Waals surface area contributed by atoms with Gasteiger partial charge in [0, 0.05) is 6.07 Å². The van der Waals surface area contributed by atoms with Crippen LogP contribution in [0.15, 0.2) is 36.4 Å². The van der Waals surface area contributed by atoms with Crippen molar-refractivity contribution in [2.24, 2.45) is 0 Å². The normalized spacial score (nSPS) is 10.7. The molecule has 0 radical (unpaired) electrons. The van der Waals surface area contributed by atoms with E-state index in [-0.39, 0.29) is 17.3 Å². The number of ether oxygens (including phenoxy) is 1. The number of hydrogen-bond acceptors (Lipinski definition) is 5. The zero-order valence-corrected chi connectivity index (χ0v) is 13.8. The summed E-state index contributed by atoms with van der Waals surface area (Å²) < 4.78 is 32.2. The molecule has 1 amide bonds. The average molecular weight is 362 g/mol. The third kappa shape index (κ3) is 3.63. The molecule has 0 unspecified atom stereocenters. The van der Waals surface area contributed by atoms with Gasteiger partial charge in [0.25, 0.3) is 5.91 Å². The molecule has 0 aliphatic heterocycles. The average Bonchev–Trinajstić information content (AvgIpc) is 2.96. The fourth-order valence-corrected chi connectivity index (χ4v) is 3.06. The zero-order valence-electron chi connectivity index (χ0n) is 13.0. The molecule has 3 aromatic rings. The van der Waals surface area contributed by atoms with Crippen LogP contribution < -0.4 is 5.32 Å². The van der Waals surface area contributed by atoms with E-state index < -0.39 is 23.5 Å². The summed E-state index contributed by atoms with van der Waals surface area (Å²) in [5.74, 6) is -2.90. The predicted molar refractivity (Wildman–Crippen MR) is 89.9 cm³/mol. The molecular formula is C17H12F2N2O3S. The van der Waals surface area contributed by atoms with E-state index in [1.807, 2.05) is 0 Å². The van der Waals surface area contributed by atoms with Crippen LogP contribution in [-0.2, 0) is 4.74 Å². The van der Waals surface area contributed by atoms with Gasteiger partial charge in [0.15, 0.2) is 5.13 Å². The quantitative estimate of drug-likeness (QED) is 0.712. The molecular weight excluding hydrogens is 350 g/mol. The van der Waals surface area contributed by atoms with E-state index in [0.717, 1.165) is 23.5 Å². The van der Waals surface area contributed by atoms with E-state index in [2.05, 4.69) is 10.3 Å². The molecule has 0 aliphatic carbocycles. The number of carbonyl (C=O) groups is 2. The van der Waals surface area contributed by atoms with Crippen LogP contribution in [0.2, 0.25) is 0 Å². The number of benzene rings is 2. The Morgan fingerprint density at radius 2 is 2.00 bits per heavy atom. The topological polar surface area (TPSA) is 68.3 Å². The van der Waals surface area contributed by atoms with Gasteiger partial charge in [0.2, 0.25) is 0 Å². The summed E-state index contributed by atoms with van der Waals surface area (Å²) in [5.41, 5.74) is 0.668. The second-order valence-corrected chi connectivity index (χ2v) is 6.03. The Morgan fingerprint density at radius 3 is 2.72 bits per heavy atom. The van der Waals surface area contributed by atoms with Crippen molar-refractivity contribution >= 4 is 38.6 Å². The maximum Gasteiger partial charge on any atom is 0.338 e. The van der Waals surface area contributed by atoms with Crippen molar-refractivity contribution in [1.29, 1.82) is 0 Å². The van der Waals surface area contributed by atoms with Gasteiger partial charge >= 0.3 is 5.97 Å². The Labute approximate surface area is 145 Å². The highest BCUT2D eigenvalue weighted by atomic mass is 32.1. The van der Waals surface area contributed by atoms with E-state index >= 15 is 0 Å². The minimum atomic E-state index is -0.955. The summed E-state index contributed by atoms with van der Waals surface area (Å²) in [5, 5.41) is 2.71. The van der Waals surface area contributed by atoms with Gasteiger partial charge in [-0.15, -0.1) is 0 Å². The van der Waals surface area contributed by atoms with Crippen molar-refractivity contribution in [3.05, 3.63) is 59.2 Å². The summed E-state index contributed by atoms with van der Waals surface area (Å²) in [7, 11) is 0. The minimum absolute atomic E-state index is 0.240. The molecule has 0 atom stereocenters. The fraction of sp³-hybridized carbons (Fsp3) is 0.118. The van der Waals surface area contributed by atoms with Crippen molar-refractivity contribution < 1.29 is 23.1 Å². The van der Waals surface area contributed by atoms with Crippen molar-refractivity contribution in [2.75, 3.05) is 11.9 Å². The summed E-state index contributed by atoms with van der Waals surface area (Å²) in [6, 6.07) is 7.52. The Kier molecular flexibility index (Phi) is 4.71. The molecule has 3 rings (SSSR count). The maximum atomic E-state index is 13.7. The van der Waals surface area contributed by atoms with Gasteiger partial charge in [0.1, 0.15) is 11.6 Å². The van der Waals surface area contributed by atoms with E-state index in [9.17, 15) is 18.4 Å². The van der Waals surface area contributed by atoms with E-state index in [1.165, 1.54) is 0 Å². The molecule has 25 heavy (non-hydrogen) atoms. The molecule has 0 spiro atoms. The number of nitrogens with zero attached hydrogens (tertiary/aromatic N) is 1. The molecule has 2 aromatic carbocycles. The Morgan fingerprint density at radius 1 is 1.20 bits per heavy atom. The van der Waals surface area contributed by atoms with Crippen LogP contribution in [0.3, 0.4) is 0 Å². The molecule has 128 valence electrons. The van der Waals surface area contributed by atoms with Crippen molar-refractivity contribution in [1.82, 2.24) is 4.98 Å². The standard InChI is InChI=1S/C17H12F2N2O3S/c1-2-24-16(23)9-3-6-13-14(7-9)25-17(20-13)21-15(22)11-5-4-10(18)8-12(11)19/h3-8H,2H2,1H3,(H,20,21,22). The molecule has 5 nitrogen and oxygen atoms in total. The van der Waals surface area contributed by atoms with Crippen molar-refractivity contribution in [2.45, 2.75) is 6.92 Å². The molecule has 0 fully saturated rings. The van der Waals surface area contributed by atoms with Crippen LogP contribution in [-0.4, -0.2) is 23.5 Å². The summed E-state index contributed by atoms with van der Waals surface area (Å²) in [6.07, 6.45) is 0. The van der Waals surface area contributed by atoms with E-state index in [1.54, 1.807) is 25.1 Å². The third-order valence-electron chi connectivity index (χ3n) is 3.30. The van der Waals surface area contributed by atoms with Crippen LogP contribution in [0.4, 0.5) is 13.9 Å². The van der Waals surface area contributed by atoms with Crippen molar-refractivity contribution in [3.63, 3.8) is 0 Å². The number of halogens is 2. The van der Waals surface area contributed by atoms with Crippen LogP contribution in [0.25, 0.3) is 10.2 Å². The van der Waals surface area contributed by atoms with Gasteiger partial charge in [0.05, 0.1) is 28.0 Å². The fourth-order valence-electron chi connectivity index (χ4n) is 2.16. The Bertz CT molecular complexity index is 972. The lowest BCUT2D eigenvalue weighted by Crippen LogP contribution is -2.13. The Balaban J connectivity index is 1.84. The first-order valence-corrected chi connectivity index (χ1v) is 8.13. The first-order valence-electron chi connectivity index (χ1n) is 7.32. The molecule has 0 saturated heterocycles. The molecule has 8 heteroatoms. The number of carbonyl (C=O) groups excluding carboxylic acids is 2. The largest absolute Gasteiger partial charge is 0.462 e. The molecule has 1 aromatic heterocycles. The van der Waals surface area contributed by atoms with Gasteiger partial charge < -0.3 is 4.74 Å². The van der Waals surface area contributed by atoms with E-state index in [0.29, 0.717) is 21.8 Å². The highest BCUT2D eigenvalue weighted by Crippen LogP contribution is 2.27. The number of aromatic nitrogens is 1. The van der Waals surface area contributed by atoms with Crippen LogP contribution in [0.5, 0.6) is 0 Å². The van der Waals surface area contributed by atoms with Crippen molar-refractivity contribution in [3.8, 4) is 0 Å². The smallest absolute Gasteiger partial charge is 0.338 e. The lowest BCUT2D eigenvalue weighted by molar-refractivity contribution is 0.0526. The molecule has 1 N–H and O–H groups in total. The number of nitrogens with one attached hydrogen (secondary N) is 1. The predicted octanol–water partition coefficient (Wildman–Crippen LogP) is 4.00. The first kappa shape index (κ1) is 17.0. The zero-order chi connectivity index (χ0) is 18.0. The highest BCUT2D eigenvalue weighted by Gasteiger charge is 2.15. The van der Waals surface area contributed by atoms with Gasteiger partial charge in [-0.3, -0.25) is 10.1 Å². The number of esters is 1. The lowest BCUT2D eigenvalue weighted by Gasteiger charge is -2.02. The SMILES string of the molecule is CCOC(=O)c1ccc2nc(NC(=O)c3ccc(F)cc3F)sc2c1. The third-order valence-corrected chi connectivity index (χ3v) is 4.23. The summed E-state index contributed by atoms with van der Waals surface area (Å²) >= 11 is 1.13. The van der Waals surface area contributed by atoms with Gasteiger partial charge in [-0.05, 0) is 37.3 Å². The van der Waals surface area contributed by atoms with Crippen LogP contribution >= 0.6 is 11.3 Å². The monoisotopic (exact) mass is 362 g/mol. The first-order chi connectivity index (χ1) is 12.0. The number of hydrogen-bond donors (Lipinski definition) is 1. The van der Waals surface area contributed by atoms with Gasteiger partial charge in [-0.2, -0.15) is 0 Å². The number of amides is 1. The Hall–Kier alpha value is -2.87. The summed E-state index contributed by atoms with van der Waals surface area (Å²) in [4.78, 5) is 28.1. The molecule has 0 bridgehead atoms. The number of anilines is 1. The van der Waals surface area contributed by atoms with Gasteiger partial charge in [-0.1, -0.05) is 11.3 Å². The van der Waals surface area contributed by atoms with E-state index in [4.69, 9.17) is 4.74 Å². The molecule has 1 heterocycles. The number of rotatable bonds is 4. The minimum Gasteiger partial charge on any atom is -0.462 e. The summed E-state index contributed by atoms with van der Waals surface area (Å²) in [6.45, 7) is 1.98.